The normalized spacial score (nSPS) is 10.8. The highest BCUT2D eigenvalue weighted by Gasteiger charge is 2.03. The van der Waals surface area contributed by atoms with E-state index in [2.05, 4.69) is 9.97 Å². The lowest BCUT2D eigenvalue weighted by Gasteiger charge is -1.94. The standard InChI is InChI=1S/C12H8FN3/c13-10-3-1-9(2-4-10)11-8-16-6-5-14-7-12(16)15-11/h1-8H. The van der Waals surface area contributed by atoms with Gasteiger partial charge in [0, 0.05) is 24.2 Å². The van der Waals surface area contributed by atoms with Crippen molar-refractivity contribution in [2.24, 2.45) is 0 Å². The highest BCUT2D eigenvalue weighted by atomic mass is 19.1. The summed E-state index contributed by atoms with van der Waals surface area (Å²) in [5.41, 5.74) is 2.49. The van der Waals surface area contributed by atoms with E-state index in [-0.39, 0.29) is 5.82 Å². The van der Waals surface area contributed by atoms with E-state index < -0.39 is 0 Å². The molecule has 0 fully saturated rings. The van der Waals surface area contributed by atoms with Crippen LogP contribution in [-0.2, 0) is 0 Å². The summed E-state index contributed by atoms with van der Waals surface area (Å²) >= 11 is 0. The maximum atomic E-state index is 12.8. The quantitative estimate of drug-likeness (QED) is 0.621. The molecule has 78 valence electrons. The van der Waals surface area contributed by atoms with E-state index in [1.54, 1.807) is 24.5 Å². The Balaban J connectivity index is 2.15. The number of halogens is 1. The lowest BCUT2D eigenvalue weighted by atomic mass is 10.2. The van der Waals surface area contributed by atoms with Crippen LogP contribution in [-0.4, -0.2) is 14.4 Å². The minimum Gasteiger partial charge on any atom is -0.304 e. The molecule has 2 heterocycles. The van der Waals surface area contributed by atoms with Crippen LogP contribution >= 0.6 is 0 Å². The molecule has 3 rings (SSSR count). The van der Waals surface area contributed by atoms with Gasteiger partial charge in [0.25, 0.3) is 0 Å². The molecule has 0 saturated heterocycles. The summed E-state index contributed by atoms with van der Waals surface area (Å²) in [5.74, 6) is -0.241. The summed E-state index contributed by atoms with van der Waals surface area (Å²) in [6, 6.07) is 6.28. The first-order valence-electron chi connectivity index (χ1n) is 4.87. The van der Waals surface area contributed by atoms with Crippen molar-refractivity contribution in [2.45, 2.75) is 0 Å². The number of aromatic nitrogens is 3. The van der Waals surface area contributed by atoms with Gasteiger partial charge < -0.3 is 4.40 Å². The van der Waals surface area contributed by atoms with Crippen molar-refractivity contribution < 1.29 is 4.39 Å². The third-order valence-electron chi connectivity index (χ3n) is 2.40. The minimum atomic E-state index is -0.241. The van der Waals surface area contributed by atoms with Gasteiger partial charge in [0.15, 0.2) is 5.65 Å². The highest BCUT2D eigenvalue weighted by Crippen LogP contribution is 2.18. The van der Waals surface area contributed by atoms with E-state index in [0.717, 1.165) is 16.9 Å². The molecule has 0 saturated carbocycles. The SMILES string of the molecule is Fc1ccc(-c2cn3ccncc3n2)cc1. The summed E-state index contributed by atoms with van der Waals surface area (Å²) in [6.45, 7) is 0. The summed E-state index contributed by atoms with van der Waals surface area (Å²) in [7, 11) is 0. The molecule has 0 unspecified atom stereocenters. The second-order valence-corrected chi connectivity index (χ2v) is 3.47. The van der Waals surface area contributed by atoms with Crippen molar-refractivity contribution in [3.8, 4) is 11.3 Å². The van der Waals surface area contributed by atoms with Crippen molar-refractivity contribution in [2.75, 3.05) is 0 Å². The average molecular weight is 213 g/mol. The monoisotopic (exact) mass is 213 g/mol. The zero-order chi connectivity index (χ0) is 11.0. The van der Waals surface area contributed by atoms with Gasteiger partial charge in [-0.05, 0) is 24.3 Å². The Kier molecular flexibility index (Phi) is 1.93. The summed E-state index contributed by atoms with van der Waals surface area (Å²) in [4.78, 5) is 8.38. The van der Waals surface area contributed by atoms with Crippen LogP contribution in [0.15, 0.2) is 49.1 Å². The summed E-state index contributed by atoms with van der Waals surface area (Å²) in [6.07, 6.45) is 7.11. The number of hydrogen-bond donors (Lipinski definition) is 0. The number of nitrogens with zero attached hydrogens (tertiary/aromatic N) is 3. The molecule has 0 amide bonds. The predicted octanol–water partition coefficient (Wildman–Crippen LogP) is 2.54. The number of hydrogen-bond acceptors (Lipinski definition) is 2. The number of imidazole rings is 1. The van der Waals surface area contributed by atoms with Crippen molar-refractivity contribution in [1.29, 1.82) is 0 Å². The largest absolute Gasteiger partial charge is 0.304 e. The van der Waals surface area contributed by atoms with Crippen LogP contribution in [0.25, 0.3) is 16.9 Å². The first-order valence-corrected chi connectivity index (χ1v) is 4.87. The van der Waals surface area contributed by atoms with E-state index in [0.29, 0.717) is 0 Å². The number of rotatable bonds is 1. The molecule has 0 spiro atoms. The Morgan fingerprint density at radius 1 is 1.12 bits per heavy atom. The second kappa shape index (κ2) is 3.41. The van der Waals surface area contributed by atoms with Gasteiger partial charge in [-0.2, -0.15) is 0 Å². The van der Waals surface area contributed by atoms with Gasteiger partial charge in [0.1, 0.15) is 5.82 Å². The maximum Gasteiger partial charge on any atom is 0.155 e. The van der Waals surface area contributed by atoms with E-state index in [4.69, 9.17) is 0 Å². The van der Waals surface area contributed by atoms with Crippen molar-refractivity contribution in [1.82, 2.24) is 14.4 Å². The molecule has 2 aromatic heterocycles. The third-order valence-corrected chi connectivity index (χ3v) is 2.40. The van der Waals surface area contributed by atoms with Gasteiger partial charge in [-0.3, -0.25) is 4.98 Å². The molecular formula is C12H8FN3. The zero-order valence-electron chi connectivity index (χ0n) is 8.34. The predicted molar refractivity (Wildman–Crippen MR) is 58.4 cm³/mol. The first kappa shape index (κ1) is 9.03. The van der Waals surface area contributed by atoms with Gasteiger partial charge in [-0.1, -0.05) is 0 Å². The Hall–Kier alpha value is -2.23. The third kappa shape index (κ3) is 1.44. The van der Waals surface area contributed by atoms with E-state index in [9.17, 15) is 4.39 Å². The molecule has 16 heavy (non-hydrogen) atoms. The van der Waals surface area contributed by atoms with Crippen molar-refractivity contribution >= 4 is 5.65 Å². The van der Waals surface area contributed by atoms with Gasteiger partial charge in [-0.25, -0.2) is 9.37 Å². The molecular weight excluding hydrogens is 205 g/mol. The smallest absolute Gasteiger partial charge is 0.155 e. The number of benzene rings is 1. The van der Waals surface area contributed by atoms with Gasteiger partial charge in [0.2, 0.25) is 0 Å². The maximum absolute atomic E-state index is 12.8. The highest BCUT2D eigenvalue weighted by molar-refractivity contribution is 5.61. The molecule has 0 aliphatic heterocycles. The molecule has 0 N–H and O–H groups in total. The van der Waals surface area contributed by atoms with Crippen LogP contribution in [0.3, 0.4) is 0 Å². The Morgan fingerprint density at radius 2 is 1.94 bits per heavy atom. The molecule has 3 aromatic rings. The minimum absolute atomic E-state index is 0.241. The molecule has 1 aromatic carbocycles. The van der Waals surface area contributed by atoms with Crippen LogP contribution in [0.5, 0.6) is 0 Å². The Bertz CT molecular complexity index is 595. The van der Waals surface area contributed by atoms with E-state index in [1.165, 1.54) is 12.1 Å². The van der Waals surface area contributed by atoms with E-state index >= 15 is 0 Å². The Labute approximate surface area is 91.2 Å². The van der Waals surface area contributed by atoms with Crippen LogP contribution in [0, 0.1) is 5.82 Å². The molecule has 4 heteroatoms. The Morgan fingerprint density at radius 3 is 2.69 bits per heavy atom. The van der Waals surface area contributed by atoms with Crippen LogP contribution in [0.2, 0.25) is 0 Å². The van der Waals surface area contributed by atoms with E-state index in [1.807, 2.05) is 16.8 Å². The van der Waals surface area contributed by atoms with Gasteiger partial charge >= 0.3 is 0 Å². The fourth-order valence-electron chi connectivity index (χ4n) is 1.60. The van der Waals surface area contributed by atoms with Gasteiger partial charge in [-0.15, -0.1) is 0 Å². The fraction of sp³-hybridized carbons (Fsp3) is 0. The van der Waals surface area contributed by atoms with Gasteiger partial charge in [0.05, 0.1) is 11.9 Å². The molecule has 0 bridgehead atoms. The molecule has 0 aliphatic rings. The molecule has 0 radical (unpaired) electrons. The van der Waals surface area contributed by atoms with Crippen LogP contribution in [0.4, 0.5) is 4.39 Å². The lowest BCUT2D eigenvalue weighted by Crippen LogP contribution is -1.81. The van der Waals surface area contributed by atoms with Crippen molar-refractivity contribution in [3.63, 3.8) is 0 Å². The lowest BCUT2D eigenvalue weighted by molar-refractivity contribution is 0.628. The number of fused-ring (bicyclic) bond motifs is 1. The second-order valence-electron chi connectivity index (χ2n) is 3.47. The molecule has 3 nitrogen and oxygen atoms in total. The average Bonchev–Trinajstić information content (AvgIpc) is 2.73. The zero-order valence-corrected chi connectivity index (χ0v) is 8.34. The fourth-order valence-corrected chi connectivity index (χ4v) is 1.60. The molecule has 0 aliphatic carbocycles. The molecule has 0 atom stereocenters. The topological polar surface area (TPSA) is 30.2 Å². The summed E-state index contributed by atoms with van der Waals surface area (Å²) in [5, 5.41) is 0. The van der Waals surface area contributed by atoms with Crippen molar-refractivity contribution in [3.05, 3.63) is 54.9 Å². The first-order chi connectivity index (χ1) is 7.83. The van der Waals surface area contributed by atoms with Crippen LogP contribution < -0.4 is 0 Å². The summed E-state index contributed by atoms with van der Waals surface area (Å²) < 4.78 is 14.7. The van der Waals surface area contributed by atoms with Crippen LogP contribution in [0.1, 0.15) is 0 Å².